The van der Waals surface area contributed by atoms with Crippen LogP contribution in [0.3, 0.4) is 0 Å². The Morgan fingerprint density at radius 2 is 1.55 bits per heavy atom. The van der Waals surface area contributed by atoms with E-state index in [4.69, 9.17) is 0 Å². The highest BCUT2D eigenvalue weighted by atomic mass is 79.9. The number of hydrogen-bond donors (Lipinski definition) is 0. The van der Waals surface area contributed by atoms with Crippen molar-refractivity contribution in [1.29, 1.82) is 0 Å². The third-order valence-corrected chi connectivity index (χ3v) is 3.79. The Morgan fingerprint density at radius 3 is 2.10 bits per heavy atom. The molecule has 0 unspecified atom stereocenters. The quantitative estimate of drug-likeness (QED) is 0.563. The lowest BCUT2D eigenvalue weighted by atomic mass is 9.93. The number of rotatable bonds is 2. The highest BCUT2D eigenvalue weighted by Crippen LogP contribution is 2.27. The minimum atomic E-state index is -0.866. The summed E-state index contributed by atoms with van der Waals surface area (Å²) in [5, 5.41) is 0. The molecule has 0 aliphatic rings. The number of carbonyl (C=O) groups is 1. The maximum Gasteiger partial charge on any atom is 0.199 e. The molecule has 2 rings (SSSR count). The summed E-state index contributed by atoms with van der Waals surface area (Å²) < 4.78 is 27.9. The maximum absolute atomic E-state index is 14.0. The van der Waals surface area contributed by atoms with Crippen LogP contribution in [0.5, 0.6) is 0 Å². The molecule has 0 bridgehead atoms. The van der Waals surface area contributed by atoms with Gasteiger partial charge in [0, 0.05) is 5.56 Å². The monoisotopic (exact) mass is 338 g/mol. The summed E-state index contributed by atoms with van der Waals surface area (Å²) in [6.45, 7) is 5.44. The third kappa shape index (κ3) is 2.52. The molecule has 0 amide bonds. The van der Waals surface area contributed by atoms with Gasteiger partial charge in [0.15, 0.2) is 11.6 Å². The SMILES string of the molecule is Cc1cc(C)c(C(=O)c2c(F)ccc(Br)c2F)c(C)c1. The summed E-state index contributed by atoms with van der Waals surface area (Å²) >= 11 is 2.98. The van der Waals surface area contributed by atoms with Crippen molar-refractivity contribution in [2.75, 3.05) is 0 Å². The van der Waals surface area contributed by atoms with Crippen molar-refractivity contribution >= 4 is 21.7 Å². The van der Waals surface area contributed by atoms with E-state index in [9.17, 15) is 13.6 Å². The number of carbonyl (C=O) groups excluding carboxylic acids is 1. The fourth-order valence-electron chi connectivity index (χ4n) is 2.40. The normalized spacial score (nSPS) is 10.7. The molecule has 0 saturated heterocycles. The van der Waals surface area contributed by atoms with E-state index in [1.807, 2.05) is 19.1 Å². The van der Waals surface area contributed by atoms with Crippen LogP contribution in [0, 0.1) is 32.4 Å². The summed E-state index contributed by atoms with van der Waals surface area (Å²) in [5.74, 6) is -2.35. The van der Waals surface area contributed by atoms with Crippen molar-refractivity contribution < 1.29 is 13.6 Å². The fraction of sp³-hybridized carbons (Fsp3) is 0.188. The molecule has 4 heteroatoms. The van der Waals surface area contributed by atoms with Crippen molar-refractivity contribution in [3.8, 4) is 0 Å². The molecule has 0 fully saturated rings. The standard InChI is InChI=1S/C16H13BrF2O/c1-8-6-9(2)13(10(3)7-8)16(20)14-12(18)5-4-11(17)15(14)19/h4-7H,1-3H3. The summed E-state index contributed by atoms with van der Waals surface area (Å²) in [5.41, 5.74) is 2.27. The van der Waals surface area contributed by atoms with Gasteiger partial charge in [0.2, 0.25) is 0 Å². The molecule has 20 heavy (non-hydrogen) atoms. The van der Waals surface area contributed by atoms with Gasteiger partial charge < -0.3 is 0 Å². The van der Waals surface area contributed by atoms with Gasteiger partial charge in [-0.3, -0.25) is 4.79 Å². The Labute approximate surface area is 124 Å². The molecule has 2 aromatic carbocycles. The van der Waals surface area contributed by atoms with Crippen LogP contribution in [0.15, 0.2) is 28.7 Å². The van der Waals surface area contributed by atoms with Crippen LogP contribution in [0.1, 0.15) is 32.6 Å². The predicted molar refractivity (Wildman–Crippen MR) is 78.1 cm³/mol. The summed E-state index contributed by atoms with van der Waals surface area (Å²) in [7, 11) is 0. The first kappa shape index (κ1) is 14.9. The molecule has 0 aliphatic heterocycles. The molecule has 0 atom stereocenters. The Bertz CT molecular complexity index is 685. The smallest absolute Gasteiger partial charge is 0.199 e. The number of benzene rings is 2. The van der Waals surface area contributed by atoms with Crippen molar-refractivity contribution in [2.24, 2.45) is 0 Å². The van der Waals surface area contributed by atoms with Crippen molar-refractivity contribution in [3.63, 3.8) is 0 Å². The van der Waals surface area contributed by atoms with E-state index in [-0.39, 0.29) is 4.47 Å². The van der Waals surface area contributed by atoms with Gasteiger partial charge in [0.05, 0.1) is 10.0 Å². The molecule has 0 spiro atoms. The van der Waals surface area contributed by atoms with Gasteiger partial charge in [0.25, 0.3) is 0 Å². The van der Waals surface area contributed by atoms with Crippen LogP contribution in [-0.2, 0) is 0 Å². The average molecular weight is 339 g/mol. The van der Waals surface area contributed by atoms with E-state index in [1.54, 1.807) is 13.8 Å². The van der Waals surface area contributed by atoms with E-state index >= 15 is 0 Å². The van der Waals surface area contributed by atoms with Gasteiger partial charge in [-0.15, -0.1) is 0 Å². The fourth-order valence-corrected chi connectivity index (χ4v) is 2.73. The molecule has 104 valence electrons. The number of halogens is 3. The minimum absolute atomic E-state index is 0.0738. The Morgan fingerprint density at radius 1 is 1.00 bits per heavy atom. The summed E-state index contributed by atoms with van der Waals surface area (Å²) in [6.07, 6.45) is 0. The highest BCUT2D eigenvalue weighted by molar-refractivity contribution is 9.10. The molecular formula is C16H13BrF2O. The largest absolute Gasteiger partial charge is 0.288 e. The topological polar surface area (TPSA) is 17.1 Å². The number of aryl methyl sites for hydroxylation is 3. The van der Waals surface area contributed by atoms with Crippen LogP contribution in [0.4, 0.5) is 8.78 Å². The Hall–Kier alpha value is -1.55. The molecule has 2 aromatic rings. The van der Waals surface area contributed by atoms with Crippen LogP contribution in [-0.4, -0.2) is 5.78 Å². The van der Waals surface area contributed by atoms with E-state index in [1.165, 1.54) is 6.07 Å². The second-order valence-corrected chi connectivity index (χ2v) is 5.68. The zero-order valence-electron chi connectivity index (χ0n) is 11.4. The third-order valence-electron chi connectivity index (χ3n) is 3.18. The first-order chi connectivity index (χ1) is 9.32. The van der Waals surface area contributed by atoms with Crippen LogP contribution >= 0.6 is 15.9 Å². The number of hydrogen-bond acceptors (Lipinski definition) is 1. The molecule has 1 nitrogen and oxygen atoms in total. The van der Waals surface area contributed by atoms with Gasteiger partial charge in [-0.05, 0) is 60.0 Å². The predicted octanol–water partition coefficient (Wildman–Crippen LogP) is 4.88. The Balaban J connectivity index is 2.67. The lowest BCUT2D eigenvalue weighted by Crippen LogP contribution is -2.11. The van der Waals surface area contributed by atoms with Gasteiger partial charge in [-0.2, -0.15) is 0 Å². The first-order valence-electron chi connectivity index (χ1n) is 6.09. The molecule has 0 radical (unpaired) electrons. The second kappa shape index (κ2) is 5.44. The van der Waals surface area contributed by atoms with Crippen LogP contribution in [0.2, 0.25) is 0 Å². The van der Waals surface area contributed by atoms with Crippen molar-refractivity contribution in [2.45, 2.75) is 20.8 Å². The molecular weight excluding hydrogens is 326 g/mol. The summed E-state index contributed by atoms with van der Waals surface area (Å²) in [6, 6.07) is 5.98. The van der Waals surface area contributed by atoms with E-state index < -0.39 is 23.0 Å². The highest BCUT2D eigenvalue weighted by Gasteiger charge is 2.23. The van der Waals surface area contributed by atoms with Gasteiger partial charge >= 0.3 is 0 Å². The Kier molecular flexibility index (Phi) is 4.04. The lowest BCUT2D eigenvalue weighted by molar-refractivity contribution is 0.103. The molecule has 0 saturated carbocycles. The van der Waals surface area contributed by atoms with E-state index in [0.29, 0.717) is 16.7 Å². The average Bonchev–Trinajstić information content (AvgIpc) is 2.33. The van der Waals surface area contributed by atoms with Crippen molar-refractivity contribution in [1.82, 2.24) is 0 Å². The molecule has 0 N–H and O–H groups in total. The second-order valence-electron chi connectivity index (χ2n) is 4.82. The lowest BCUT2D eigenvalue weighted by Gasteiger charge is -2.12. The minimum Gasteiger partial charge on any atom is -0.288 e. The van der Waals surface area contributed by atoms with E-state index in [0.717, 1.165) is 11.6 Å². The van der Waals surface area contributed by atoms with Crippen LogP contribution < -0.4 is 0 Å². The zero-order chi connectivity index (χ0) is 15.0. The number of ketones is 1. The summed E-state index contributed by atoms with van der Waals surface area (Å²) in [4.78, 5) is 12.5. The molecule has 0 aliphatic carbocycles. The first-order valence-corrected chi connectivity index (χ1v) is 6.88. The van der Waals surface area contributed by atoms with Crippen LogP contribution in [0.25, 0.3) is 0 Å². The van der Waals surface area contributed by atoms with E-state index in [2.05, 4.69) is 15.9 Å². The molecule has 0 aromatic heterocycles. The zero-order valence-corrected chi connectivity index (χ0v) is 12.9. The van der Waals surface area contributed by atoms with Crippen molar-refractivity contribution in [3.05, 3.63) is 68.2 Å². The van der Waals surface area contributed by atoms with Gasteiger partial charge in [-0.1, -0.05) is 17.7 Å². The van der Waals surface area contributed by atoms with Gasteiger partial charge in [0.1, 0.15) is 5.82 Å². The maximum atomic E-state index is 14.0. The molecule has 0 heterocycles. The van der Waals surface area contributed by atoms with Gasteiger partial charge in [-0.25, -0.2) is 8.78 Å².